The highest BCUT2D eigenvalue weighted by molar-refractivity contribution is 8.00. The average Bonchev–Trinajstić information content (AvgIpc) is 3.34. The summed E-state index contributed by atoms with van der Waals surface area (Å²) in [7, 11) is 3.30. The maximum absolute atomic E-state index is 14.0. The predicted molar refractivity (Wildman–Crippen MR) is 167 cm³/mol. The molecule has 1 aromatic heterocycles. The summed E-state index contributed by atoms with van der Waals surface area (Å²) in [6.07, 6.45) is 0. The number of carbonyl (C=O) groups is 2. The van der Waals surface area contributed by atoms with Gasteiger partial charge < -0.3 is 19.3 Å². The van der Waals surface area contributed by atoms with Crippen molar-refractivity contribution in [3.8, 4) is 17.2 Å². The van der Waals surface area contributed by atoms with E-state index in [0.717, 1.165) is 53.6 Å². The van der Waals surface area contributed by atoms with Gasteiger partial charge in [0.25, 0.3) is 0 Å². The lowest BCUT2D eigenvalue weighted by Crippen LogP contribution is -2.52. The Morgan fingerprint density at radius 1 is 1.00 bits per heavy atom. The topological polar surface area (TPSA) is 80.1 Å². The van der Waals surface area contributed by atoms with Crippen molar-refractivity contribution in [1.82, 2.24) is 19.6 Å². The Morgan fingerprint density at radius 2 is 1.69 bits per heavy atom. The van der Waals surface area contributed by atoms with Gasteiger partial charge in [-0.25, -0.2) is 4.68 Å². The molecule has 42 heavy (non-hydrogen) atoms. The number of hydrogen-bond donors (Lipinski definition) is 0. The zero-order valence-electron chi connectivity index (χ0n) is 25.4. The number of rotatable bonds is 7. The molecule has 1 saturated heterocycles. The zero-order valence-corrected chi connectivity index (χ0v) is 26.2. The van der Waals surface area contributed by atoms with Crippen LogP contribution < -0.4 is 14.4 Å². The van der Waals surface area contributed by atoms with E-state index in [1.165, 1.54) is 0 Å². The predicted octanol–water partition coefficient (Wildman–Crippen LogP) is 4.52. The molecule has 1 fully saturated rings. The molecular formula is C32H41N5O4S. The van der Waals surface area contributed by atoms with Crippen LogP contribution in [0.25, 0.3) is 5.69 Å². The minimum atomic E-state index is -0.345. The molecule has 0 radical (unpaired) electrons. The van der Waals surface area contributed by atoms with E-state index in [-0.39, 0.29) is 34.8 Å². The molecule has 0 bridgehead atoms. The lowest BCUT2D eigenvalue weighted by Gasteiger charge is -2.35. The summed E-state index contributed by atoms with van der Waals surface area (Å²) in [6, 6.07) is 15.6. The second-order valence-corrected chi connectivity index (χ2v) is 12.8. The van der Waals surface area contributed by atoms with Crippen LogP contribution in [0, 0.1) is 0 Å². The van der Waals surface area contributed by atoms with Crippen molar-refractivity contribution in [3.63, 3.8) is 0 Å². The maximum atomic E-state index is 14.0. The second-order valence-electron chi connectivity index (χ2n) is 11.7. The average molecular weight is 592 g/mol. The fraction of sp³-hybridized carbons (Fsp3) is 0.469. The number of ether oxygens (including phenoxy) is 2. The summed E-state index contributed by atoms with van der Waals surface area (Å²) in [5, 5.41) is 4.96. The molecule has 2 aliphatic heterocycles. The molecule has 2 aromatic carbocycles. The van der Waals surface area contributed by atoms with Crippen LogP contribution in [0.3, 0.4) is 0 Å². The van der Waals surface area contributed by atoms with Gasteiger partial charge in [0.15, 0.2) is 0 Å². The van der Waals surface area contributed by atoms with Crippen LogP contribution in [0.1, 0.15) is 49.8 Å². The first-order valence-electron chi connectivity index (χ1n) is 14.5. The molecule has 3 heterocycles. The van der Waals surface area contributed by atoms with Gasteiger partial charge >= 0.3 is 0 Å². The van der Waals surface area contributed by atoms with Gasteiger partial charge in [-0.2, -0.15) is 5.10 Å². The van der Waals surface area contributed by atoms with Crippen molar-refractivity contribution in [2.75, 3.05) is 64.1 Å². The molecule has 0 N–H and O–H groups in total. The molecule has 0 saturated carbocycles. The van der Waals surface area contributed by atoms with Crippen LogP contribution in [0.4, 0.5) is 5.82 Å². The Balaban J connectivity index is 1.69. The van der Waals surface area contributed by atoms with Gasteiger partial charge in [-0.3, -0.25) is 14.5 Å². The normalized spacial score (nSPS) is 18.0. The molecule has 0 aliphatic carbocycles. The second kappa shape index (κ2) is 12.4. The quantitative estimate of drug-likeness (QED) is 0.400. The minimum Gasteiger partial charge on any atom is -0.497 e. The van der Waals surface area contributed by atoms with Crippen LogP contribution >= 0.6 is 11.8 Å². The van der Waals surface area contributed by atoms with Crippen molar-refractivity contribution in [1.29, 1.82) is 0 Å². The Bertz CT molecular complexity index is 1420. The summed E-state index contributed by atoms with van der Waals surface area (Å²) < 4.78 is 13.0. The number of nitrogens with zero attached hydrogens (tertiary/aromatic N) is 5. The van der Waals surface area contributed by atoms with Gasteiger partial charge in [-0.15, -0.1) is 11.8 Å². The number of para-hydroxylation sites is 1. The molecule has 5 rings (SSSR count). The number of piperazine rings is 1. The molecule has 1 unspecified atom stereocenters. The molecule has 1 atom stereocenters. The highest BCUT2D eigenvalue weighted by Gasteiger charge is 2.41. The SMILES string of the molecule is CCN1CCN(C(=O)CN2C(=O)CSC(c3ccccc3OC)c3c(C(C)(C)C)nn(-c4ccc(OC)cc4)c32)CC1. The third kappa shape index (κ3) is 5.87. The standard InChI is InChI=1S/C32H41N5O4S/c1-7-34-16-18-35(19-17-34)26(38)20-36-27(39)21-42-29(24-10-8-9-11-25(24)41-6)28-30(32(2,3)4)33-37(31(28)36)22-12-14-23(40-5)15-13-22/h8-15,29H,7,16-21H2,1-6H3. The van der Waals surface area contributed by atoms with Gasteiger partial charge in [0.05, 0.1) is 36.6 Å². The van der Waals surface area contributed by atoms with Crippen LogP contribution in [0.5, 0.6) is 11.5 Å². The number of aromatic nitrogens is 2. The van der Waals surface area contributed by atoms with Crippen molar-refractivity contribution < 1.29 is 19.1 Å². The number of anilines is 1. The number of hydrogen-bond acceptors (Lipinski definition) is 7. The Morgan fingerprint density at radius 3 is 2.31 bits per heavy atom. The van der Waals surface area contributed by atoms with Crippen molar-refractivity contribution in [2.24, 2.45) is 0 Å². The zero-order chi connectivity index (χ0) is 30.0. The van der Waals surface area contributed by atoms with Gasteiger partial charge in [-0.05, 0) is 36.9 Å². The maximum Gasteiger partial charge on any atom is 0.242 e. The number of thioether (sulfide) groups is 1. The van der Waals surface area contributed by atoms with E-state index < -0.39 is 0 Å². The smallest absolute Gasteiger partial charge is 0.242 e. The number of amides is 2. The lowest BCUT2D eigenvalue weighted by molar-refractivity contribution is -0.132. The number of methoxy groups -OCH3 is 2. The highest BCUT2D eigenvalue weighted by atomic mass is 32.2. The van der Waals surface area contributed by atoms with Crippen molar-refractivity contribution in [2.45, 2.75) is 38.4 Å². The summed E-state index contributed by atoms with van der Waals surface area (Å²) in [5.74, 6) is 2.17. The van der Waals surface area contributed by atoms with Crippen molar-refractivity contribution >= 4 is 29.4 Å². The largest absolute Gasteiger partial charge is 0.497 e. The molecule has 2 aliphatic rings. The summed E-state index contributed by atoms with van der Waals surface area (Å²) in [5.41, 5.74) is 3.22. The molecule has 224 valence electrons. The van der Waals surface area contributed by atoms with E-state index in [9.17, 15) is 9.59 Å². The van der Waals surface area contributed by atoms with E-state index in [2.05, 4.69) is 38.7 Å². The first-order chi connectivity index (χ1) is 20.2. The van der Waals surface area contributed by atoms with Crippen LogP contribution in [0.15, 0.2) is 48.5 Å². The van der Waals surface area contributed by atoms with Crippen LogP contribution in [0.2, 0.25) is 0 Å². The van der Waals surface area contributed by atoms with Crippen LogP contribution in [-0.2, 0) is 15.0 Å². The minimum absolute atomic E-state index is 0.0391. The van der Waals surface area contributed by atoms with E-state index in [1.54, 1.807) is 30.9 Å². The van der Waals surface area contributed by atoms with E-state index in [1.807, 2.05) is 52.0 Å². The Kier molecular flexibility index (Phi) is 8.84. The third-order valence-electron chi connectivity index (χ3n) is 8.00. The molecule has 0 spiro atoms. The first kappa shape index (κ1) is 30.0. The fourth-order valence-corrected chi connectivity index (χ4v) is 6.88. The summed E-state index contributed by atoms with van der Waals surface area (Å²) >= 11 is 1.56. The van der Waals surface area contributed by atoms with E-state index in [4.69, 9.17) is 14.6 Å². The van der Waals surface area contributed by atoms with Crippen LogP contribution in [-0.4, -0.2) is 90.6 Å². The van der Waals surface area contributed by atoms with Gasteiger partial charge in [-0.1, -0.05) is 45.9 Å². The number of likely N-dealkylation sites (N-methyl/N-ethyl adjacent to an activating group) is 1. The van der Waals surface area contributed by atoms with E-state index >= 15 is 0 Å². The van der Waals surface area contributed by atoms with Gasteiger partial charge in [0.2, 0.25) is 11.8 Å². The number of fused-ring (bicyclic) bond motifs is 1. The summed E-state index contributed by atoms with van der Waals surface area (Å²) in [6.45, 7) is 12.5. The monoisotopic (exact) mass is 591 g/mol. The highest BCUT2D eigenvalue weighted by Crippen LogP contribution is 2.50. The van der Waals surface area contributed by atoms with Crippen molar-refractivity contribution in [3.05, 3.63) is 65.4 Å². The van der Waals surface area contributed by atoms with Gasteiger partial charge in [0, 0.05) is 42.7 Å². The number of carbonyl (C=O) groups excluding carboxylic acids is 2. The molecular weight excluding hydrogens is 550 g/mol. The molecule has 9 nitrogen and oxygen atoms in total. The Labute approximate surface area is 252 Å². The fourth-order valence-electron chi connectivity index (χ4n) is 5.65. The molecule has 10 heteroatoms. The third-order valence-corrected chi connectivity index (χ3v) is 9.24. The first-order valence-corrected chi connectivity index (χ1v) is 15.5. The molecule has 2 amide bonds. The van der Waals surface area contributed by atoms with E-state index in [0.29, 0.717) is 18.9 Å². The number of benzene rings is 2. The molecule has 3 aromatic rings. The Hall–Kier alpha value is -3.50. The van der Waals surface area contributed by atoms with Gasteiger partial charge in [0.1, 0.15) is 23.9 Å². The summed E-state index contributed by atoms with van der Waals surface area (Å²) in [4.78, 5) is 33.6. The lowest BCUT2D eigenvalue weighted by atomic mass is 9.87.